The minimum absolute atomic E-state index is 0.0654. The third-order valence-corrected chi connectivity index (χ3v) is 2.01. The van der Waals surface area contributed by atoms with E-state index < -0.39 is 0 Å². The van der Waals surface area contributed by atoms with E-state index in [0.717, 1.165) is 0 Å². The summed E-state index contributed by atoms with van der Waals surface area (Å²) in [4.78, 5) is 11.4. The van der Waals surface area contributed by atoms with Crippen molar-refractivity contribution in [3.05, 3.63) is 30.1 Å². The van der Waals surface area contributed by atoms with E-state index in [1.54, 1.807) is 7.11 Å². The molecule has 0 bridgehead atoms. The van der Waals surface area contributed by atoms with Gasteiger partial charge >= 0.3 is 0 Å². The van der Waals surface area contributed by atoms with Crippen LogP contribution in [0.2, 0.25) is 0 Å². The molecule has 1 rings (SSSR count). The minimum atomic E-state index is -0.337. The molecule has 1 amide bonds. The molecule has 0 spiro atoms. The highest BCUT2D eigenvalue weighted by Gasteiger charge is 2.07. The first-order chi connectivity index (χ1) is 8.11. The monoisotopic (exact) mass is 241 g/mol. The van der Waals surface area contributed by atoms with E-state index in [4.69, 9.17) is 9.47 Å². The second-order valence-electron chi connectivity index (χ2n) is 3.67. The molecule has 0 aliphatic rings. The fourth-order valence-electron chi connectivity index (χ4n) is 1.29. The molecule has 0 saturated carbocycles. The van der Waals surface area contributed by atoms with Crippen LogP contribution in [0.25, 0.3) is 0 Å². The van der Waals surface area contributed by atoms with Crippen LogP contribution in [0.15, 0.2) is 24.3 Å². The van der Waals surface area contributed by atoms with E-state index in [1.165, 1.54) is 24.3 Å². The lowest BCUT2D eigenvalue weighted by atomic mass is 10.3. The summed E-state index contributed by atoms with van der Waals surface area (Å²) in [6, 6.07) is 5.44. The van der Waals surface area contributed by atoms with Gasteiger partial charge in [-0.3, -0.25) is 4.79 Å². The molecule has 5 heteroatoms. The quantitative estimate of drug-likeness (QED) is 0.818. The van der Waals surface area contributed by atoms with Crippen molar-refractivity contribution in [2.24, 2.45) is 0 Å². The molecule has 0 unspecified atom stereocenters. The number of carbonyl (C=O) groups excluding carboxylic acids is 1. The molecule has 0 fully saturated rings. The number of methoxy groups -OCH3 is 1. The number of ether oxygens (including phenoxy) is 2. The summed E-state index contributed by atoms with van der Waals surface area (Å²) >= 11 is 0. The maximum atomic E-state index is 12.6. The predicted molar refractivity (Wildman–Crippen MR) is 61.4 cm³/mol. The van der Waals surface area contributed by atoms with Gasteiger partial charge in [-0.05, 0) is 31.2 Å². The molecule has 0 saturated heterocycles. The van der Waals surface area contributed by atoms with E-state index in [2.05, 4.69) is 5.32 Å². The van der Waals surface area contributed by atoms with Crippen LogP contribution in [0, 0.1) is 5.82 Å². The summed E-state index contributed by atoms with van der Waals surface area (Å²) < 4.78 is 22.7. The van der Waals surface area contributed by atoms with Crippen molar-refractivity contribution in [1.29, 1.82) is 0 Å². The Bertz CT molecular complexity index is 353. The highest BCUT2D eigenvalue weighted by atomic mass is 19.1. The number of hydrogen-bond donors (Lipinski definition) is 1. The number of rotatable bonds is 6. The molecule has 0 radical (unpaired) electrons. The van der Waals surface area contributed by atoms with Crippen molar-refractivity contribution in [1.82, 2.24) is 5.32 Å². The Labute approximate surface area is 99.7 Å². The smallest absolute Gasteiger partial charge is 0.258 e. The van der Waals surface area contributed by atoms with E-state index in [9.17, 15) is 9.18 Å². The Balaban J connectivity index is 2.30. The van der Waals surface area contributed by atoms with Crippen molar-refractivity contribution in [3.63, 3.8) is 0 Å². The largest absolute Gasteiger partial charge is 0.484 e. The zero-order chi connectivity index (χ0) is 12.7. The van der Waals surface area contributed by atoms with Gasteiger partial charge in [0.25, 0.3) is 5.91 Å². The van der Waals surface area contributed by atoms with Crippen molar-refractivity contribution < 1.29 is 18.7 Å². The minimum Gasteiger partial charge on any atom is -0.484 e. The molecule has 1 aromatic carbocycles. The molecular formula is C12H16FNO3. The van der Waals surface area contributed by atoms with Crippen molar-refractivity contribution in [2.75, 3.05) is 20.3 Å². The van der Waals surface area contributed by atoms with Gasteiger partial charge in [0, 0.05) is 13.2 Å². The first-order valence-electron chi connectivity index (χ1n) is 5.28. The van der Waals surface area contributed by atoms with E-state index in [1.807, 2.05) is 6.92 Å². The van der Waals surface area contributed by atoms with Gasteiger partial charge in [0.05, 0.1) is 6.61 Å². The maximum absolute atomic E-state index is 12.6. The van der Waals surface area contributed by atoms with Gasteiger partial charge in [-0.15, -0.1) is 0 Å². The predicted octanol–water partition coefficient (Wildman–Crippen LogP) is 1.36. The Hall–Kier alpha value is -1.62. The Morgan fingerprint density at radius 2 is 2.06 bits per heavy atom. The van der Waals surface area contributed by atoms with Gasteiger partial charge in [-0.1, -0.05) is 0 Å². The van der Waals surface area contributed by atoms with Gasteiger partial charge in [0.1, 0.15) is 11.6 Å². The van der Waals surface area contributed by atoms with Crippen molar-refractivity contribution >= 4 is 5.91 Å². The highest BCUT2D eigenvalue weighted by molar-refractivity contribution is 5.77. The van der Waals surface area contributed by atoms with Crippen molar-refractivity contribution in [2.45, 2.75) is 13.0 Å². The number of halogens is 1. The second-order valence-corrected chi connectivity index (χ2v) is 3.67. The molecule has 1 N–H and O–H groups in total. The van der Waals surface area contributed by atoms with E-state index >= 15 is 0 Å². The molecule has 0 heterocycles. The summed E-state index contributed by atoms with van der Waals surface area (Å²) in [6.45, 7) is 2.18. The van der Waals surface area contributed by atoms with Crippen LogP contribution >= 0.6 is 0 Å². The zero-order valence-electron chi connectivity index (χ0n) is 9.90. The van der Waals surface area contributed by atoms with Gasteiger partial charge in [-0.2, -0.15) is 0 Å². The van der Waals surface area contributed by atoms with Crippen LogP contribution in [0.4, 0.5) is 4.39 Å². The summed E-state index contributed by atoms with van der Waals surface area (Å²) in [6.07, 6.45) is 0. The van der Waals surface area contributed by atoms with Crippen LogP contribution < -0.4 is 10.1 Å². The molecule has 0 aromatic heterocycles. The number of benzene rings is 1. The molecule has 0 aliphatic carbocycles. The standard InChI is InChI=1S/C12H16FNO3/c1-9(7-16-2)14-12(15)8-17-11-5-3-10(13)4-6-11/h3-6,9H,7-8H2,1-2H3,(H,14,15)/t9-/m1/s1. The number of hydrogen-bond acceptors (Lipinski definition) is 3. The molecule has 1 atom stereocenters. The molecule has 1 aromatic rings. The molecule has 17 heavy (non-hydrogen) atoms. The third kappa shape index (κ3) is 5.31. The summed E-state index contributed by atoms with van der Waals surface area (Å²) in [5.74, 6) is -0.115. The fourth-order valence-corrected chi connectivity index (χ4v) is 1.29. The zero-order valence-corrected chi connectivity index (χ0v) is 9.90. The first kappa shape index (κ1) is 13.4. The van der Waals surface area contributed by atoms with E-state index in [0.29, 0.717) is 12.4 Å². The number of amides is 1. The Morgan fingerprint density at radius 3 is 2.65 bits per heavy atom. The van der Waals surface area contributed by atoms with E-state index in [-0.39, 0.29) is 24.4 Å². The third-order valence-electron chi connectivity index (χ3n) is 2.01. The second kappa shape index (κ2) is 6.85. The van der Waals surface area contributed by atoms with Gasteiger partial charge in [0.15, 0.2) is 6.61 Å². The lowest BCUT2D eigenvalue weighted by molar-refractivity contribution is -0.124. The maximum Gasteiger partial charge on any atom is 0.258 e. The average Bonchev–Trinajstić information content (AvgIpc) is 2.28. The molecule has 94 valence electrons. The molecule has 0 aliphatic heterocycles. The first-order valence-corrected chi connectivity index (χ1v) is 5.28. The lowest BCUT2D eigenvalue weighted by Gasteiger charge is -2.13. The Kier molecular flexibility index (Phi) is 5.42. The van der Waals surface area contributed by atoms with Gasteiger partial charge in [0.2, 0.25) is 0 Å². The van der Waals surface area contributed by atoms with Crippen LogP contribution in [-0.2, 0) is 9.53 Å². The normalized spacial score (nSPS) is 11.9. The summed E-state index contributed by atoms with van der Waals surface area (Å²) in [7, 11) is 1.57. The van der Waals surface area contributed by atoms with Crippen molar-refractivity contribution in [3.8, 4) is 5.75 Å². The highest BCUT2D eigenvalue weighted by Crippen LogP contribution is 2.10. The lowest BCUT2D eigenvalue weighted by Crippen LogP contribution is -2.38. The summed E-state index contributed by atoms with van der Waals surface area (Å²) in [5, 5.41) is 2.70. The topological polar surface area (TPSA) is 47.6 Å². The van der Waals surface area contributed by atoms with Gasteiger partial charge in [-0.25, -0.2) is 4.39 Å². The van der Waals surface area contributed by atoms with Crippen LogP contribution in [0.5, 0.6) is 5.75 Å². The summed E-state index contributed by atoms with van der Waals surface area (Å²) in [5.41, 5.74) is 0. The van der Waals surface area contributed by atoms with Crippen LogP contribution in [0.1, 0.15) is 6.92 Å². The van der Waals surface area contributed by atoms with Crippen LogP contribution in [-0.4, -0.2) is 32.3 Å². The van der Waals surface area contributed by atoms with Gasteiger partial charge < -0.3 is 14.8 Å². The Morgan fingerprint density at radius 1 is 1.41 bits per heavy atom. The SMILES string of the molecule is COC[C@@H](C)NC(=O)COc1ccc(F)cc1. The molecular weight excluding hydrogens is 225 g/mol. The number of carbonyl (C=O) groups is 1. The van der Waals surface area contributed by atoms with Crippen LogP contribution in [0.3, 0.4) is 0 Å². The number of nitrogens with one attached hydrogen (secondary N) is 1. The fraction of sp³-hybridized carbons (Fsp3) is 0.417. The molecule has 4 nitrogen and oxygen atoms in total. The average molecular weight is 241 g/mol.